The second kappa shape index (κ2) is 7.67. The monoisotopic (exact) mass is 386 g/mol. The van der Waals surface area contributed by atoms with E-state index >= 15 is 0 Å². The maximum Gasteiger partial charge on any atom is 0.416 e. The van der Waals surface area contributed by atoms with Crippen LogP contribution in [-0.4, -0.2) is 48.0 Å². The Hall–Kier alpha value is -2.80. The van der Waals surface area contributed by atoms with Gasteiger partial charge >= 0.3 is 6.09 Å². The van der Waals surface area contributed by atoms with Gasteiger partial charge in [-0.1, -0.05) is 36.4 Å². The Morgan fingerprint density at radius 3 is 2.57 bits per heavy atom. The lowest BCUT2D eigenvalue weighted by Crippen LogP contribution is -2.39. The van der Waals surface area contributed by atoms with Crippen molar-refractivity contribution in [1.29, 1.82) is 0 Å². The van der Waals surface area contributed by atoms with Crippen molar-refractivity contribution in [3.63, 3.8) is 0 Å². The quantitative estimate of drug-likeness (QED) is 0.810. The SMILES string of the molecule is O=C1OCCN1C(=O)[C@H]1CN(Cc2ccccc2)C[C@@H]1c1ccc(F)cc1F. The molecule has 2 aromatic rings. The van der Waals surface area contributed by atoms with E-state index in [2.05, 4.69) is 4.90 Å². The van der Waals surface area contributed by atoms with Gasteiger partial charge in [0.2, 0.25) is 5.91 Å². The van der Waals surface area contributed by atoms with E-state index in [-0.39, 0.29) is 19.1 Å². The van der Waals surface area contributed by atoms with E-state index in [0.29, 0.717) is 25.2 Å². The van der Waals surface area contributed by atoms with Gasteiger partial charge in [-0.2, -0.15) is 0 Å². The van der Waals surface area contributed by atoms with Crippen molar-refractivity contribution in [3.05, 3.63) is 71.3 Å². The first-order valence-corrected chi connectivity index (χ1v) is 9.22. The van der Waals surface area contributed by atoms with E-state index in [1.807, 2.05) is 30.3 Å². The number of hydrogen-bond donors (Lipinski definition) is 0. The standard InChI is InChI=1S/C21H20F2N2O3/c22-15-6-7-16(19(23)10-15)17-12-24(11-14-4-2-1-3-5-14)13-18(17)20(26)25-8-9-28-21(25)27/h1-7,10,17-18H,8-9,11-13H2/t17-,18+/m1/s1. The summed E-state index contributed by atoms with van der Waals surface area (Å²) < 4.78 is 32.7. The van der Waals surface area contributed by atoms with Gasteiger partial charge in [0.05, 0.1) is 12.5 Å². The van der Waals surface area contributed by atoms with E-state index in [9.17, 15) is 18.4 Å². The first-order valence-electron chi connectivity index (χ1n) is 9.22. The molecule has 7 heteroatoms. The number of benzene rings is 2. The van der Waals surface area contributed by atoms with E-state index in [1.54, 1.807) is 0 Å². The molecule has 0 unspecified atom stereocenters. The summed E-state index contributed by atoms with van der Waals surface area (Å²) in [6, 6.07) is 13.2. The van der Waals surface area contributed by atoms with Crippen LogP contribution in [0.2, 0.25) is 0 Å². The number of likely N-dealkylation sites (tertiary alicyclic amines) is 1. The highest BCUT2D eigenvalue weighted by Gasteiger charge is 2.44. The van der Waals surface area contributed by atoms with E-state index in [4.69, 9.17) is 4.74 Å². The van der Waals surface area contributed by atoms with Gasteiger partial charge in [0.1, 0.15) is 18.2 Å². The highest BCUT2D eigenvalue weighted by atomic mass is 19.1. The predicted molar refractivity (Wildman–Crippen MR) is 97.4 cm³/mol. The number of hydrogen-bond acceptors (Lipinski definition) is 4. The van der Waals surface area contributed by atoms with Crippen molar-refractivity contribution >= 4 is 12.0 Å². The Morgan fingerprint density at radius 1 is 1.11 bits per heavy atom. The van der Waals surface area contributed by atoms with Gasteiger partial charge in [-0.25, -0.2) is 18.5 Å². The summed E-state index contributed by atoms with van der Waals surface area (Å²) in [4.78, 5) is 28.0. The van der Waals surface area contributed by atoms with Crippen molar-refractivity contribution in [1.82, 2.24) is 9.80 Å². The molecule has 0 aromatic heterocycles. The normalized spacial score (nSPS) is 22.5. The summed E-state index contributed by atoms with van der Waals surface area (Å²) in [6.07, 6.45) is -0.662. The fourth-order valence-electron chi connectivity index (χ4n) is 4.02. The van der Waals surface area contributed by atoms with Crippen molar-refractivity contribution in [3.8, 4) is 0 Å². The summed E-state index contributed by atoms with van der Waals surface area (Å²) in [6.45, 7) is 1.80. The molecule has 0 radical (unpaired) electrons. The molecule has 0 N–H and O–H groups in total. The minimum absolute atomic E-state index is 0.167. The van der Waals surface area contributed by atoms with Crippen LogP contribution in [0, 0.1) is 17.6 Å². The highest BCUT2D eigenvalue weighted by Crippen LogP contribution is 2.36. The lowest BCUT2D eigenvalue weighted by atomic mass is 9.87. The molecule has 2 atom stereocenters. The van der Waals surface area contributed by atoms with E-state index in [0.717, 1.165) is 16.5 Å². The zero-order valence-electron chi connectivity index (χ0n) is 15.2. The first-order chi connectivity index (χ1) is 13.5. The van der Waals surface area contributed by atoms with Gasteiger partial charge < -0.3 is 4.74 Å². The van der Waals surface area contributed by atoms with Gasteiger partial charge in [-0.05, 0) is 17.2 Å². The Balaban J connectivity index is 1.61. The van der Waals surface area contributed by atoms with Crippen LogP contribution in [0.4, 0.5) is 13.6 Å². The summed E-state index contributed by atoms with van der Waals surface area (Å²) in [5, 5.41) is 0. The molecule has 0 bridgehead atoms. The third-order valence-electron chi connectivity index (χ3n) is 5.35. The Morgan fingerprint density at radius 2 is 1.89 bits per heavy atom. The smallest absolute Gasteiger partial charge is 0.416 e. The van der Waals surface area contributed by atoms with Crippen LogP contribution in [0.15, 0.2) is 48.5 Å². The third kappa shape index (κ3) is 3.62. The number of ether oxygens (including phenoxy) is 1. The van der Waals surface area contributed by atoms with Crippen LogP contribution in [0.25, 0.3) is 0 Å². The average Bonchev–Trinajstić information content (AvgIpc) is 3.28. The number of rotatable bonds is 4. The number of halogens is 2. The average molecular weight is 386 g/mol. The zero-order chi connectivity index (χ0) is 19.7. The van der Waals surface area contributed by atoms with Gasteiger partial charge in [-0.3, -0.25) is 9.69 Å². The molecule has 146 valence electrons. The molecule has 5 nitrogen and oxygen atoms in total. The Labute approximate surface area is 161 Å². The minimum Gasteiger partial charge on any atom is -0.447 e. The van der Waals surface area contributed by atoms with Crippen LogP contribution < -0.4 is 0 Å². The van der Waals surface area contributed by atoms with E-state index < -0.39 is 29.6 Å². The van der Waals surface area contributed by atoms with Crippen LogP contribution in [0.5, 0.6) is 0 Å². The first kappa shape index (κ1) is 18.6. The van der Waals surface area contributed by atoms with Gasteiger partial charge in [0.15, 0.2) is 0 Å². The molecule has 28 heavy (non-hydrogen) atoms. The maximum absolute atomic E-state index is 14.5. The lowest BCUT2D eigenvalue weighted by Gasteiger charge is -2.21. The van der Waals surface area contributed by atoms with Crippen LogP contribution in [0.1, 0.15) is 17.0 Å². The van der Waals surface area contributed by atoms with Crippen LogP contribution >= 0.6 is 0 Å². The summed E-state index contributed by atoms with van der Waals surface area (Å²) in [7, 11) is 0. The lowest BCUT2D eigenvalue weighted by molar-refractivity contribution is -0.132. The molecule has 2 heterocycles. The van der Waals surface area contributed by atoms with Gasteiger partial charge in [0.25, 0.3) is 0 Å². The summed E-state index contributed by atoms with van der Waals surface area (Å²) in [5.74, 6) is -2.77. The number of nitrogens with zero attached hydrogens (tertiary/aromatic N) is 2. The van der Waals surface area contributed by atoms with Crippen molar-refractivity contribution in [2.75, 3.05) is 26.2 Å². The minimum atomic E-state index is -0.673. The van der Waals surface area contributed by atoms with Crippen molar-refractivity contribution in [2.45, 2.75) is 12.5 Å². The Kier molecular flexibility index (Phi) is 5.09. The largest absolute Gasteiger partial charge is 0.447 e. The second-order valence-electron chi connectivity index (χ2n) is 7.16. The fraction of sp³-hybridized carbons (Fsp3) is 0.333. The van der Waals surface area contributed by atoms with Crippen molar-refractivity contribution < 1.29 is 23.1 Å². The number of imide groups is 1. The molecule has 0 aliphatic carbocycles. The van der Waals surface area contributed by atoms with E-state index in [1.165, 1.54) is 12.1 Å². The zero-order valence-corrected chi connectivity index (χ0v) is 15.2. The molecule has 2 aliphatic rings. The third-order valence-corrected chi connectivity index (χ3v) is 5.35. The predicted octanol–water partition coefficient (Wildman–Crippen LogP) is 3.16. The topological polar surface area (TPSA) is 49.9 Å². The molecular weight excluding hydrogens is 366 g/mol. The molecule has 0 saturated carbocycles. The molecule has 2 aromatic carbocycles. The summed E-state index contributed by atoms with van der Waals surface area (Å²) >= 11 is 0. The molecule has 4 rings (SSSR count). The molecular formula is C21H20F2N2O3. The second-order valence-corrected chi connectivity index (χ2v) is 7.16. The van der Waals surface area contributed by atoms with Crippen molar-refractivity contribution in [2.24, 2.45) is 5.92 Å². The number of carbonyl (C=O) groups excluding carboxylic acids is 2. The number of cyclic esters (lactones) is 1. The fourth-order valence-corrected chi connectivity index (χ4v) is 4.02. The van der Waals surface area contributed by atoms with Gasteiger partial charge in [-0.15, -0.1) is 0 Å². The maximum atomic E-state index is 14.5. The molecule has 2 saturated heterocycles. The molecule has 2 aliphatic heterocycles. The molecule has 2 amide bonds. The highest BCUT2D eigenvalue weighted by molar-refractivity contribution is 5.95. The van der Waals surface area contributed by atoms with Crippen LogP contribution in [-0.2, 0) is 16.1 Å². The van der Waals surface area contributed by atoms with Crippen LogP contribution in [0.3, 0.4) is 0 Å². The molecule has 2 fully saturated rings. The number of amides is 2. The van der Waals surface area contributed by atoms with Gasteiger partial charge in [0, 0.05) is 31.6 Å². The summed E-state index contributed by atoms with van der Waals surface area (Å²) in [5.41, 5.74) is 1.37. The Bertz CT molecular complexity index is 890. The number of carbonyl (C=O) groups is 2. The molecule has 0 spiro atoms.